The van der Waals surface area contributed by atoms with Gasteiger partial charge < -0.3 is 16.0 Å². The van der Waals surface area contributed by atoms with Crippen LogP contribution in [0.4, 0.5) is 5.69 Å². The van der Waals surface area contributed by atoms with E-state index in [0.717, 1.165) is 37.9 Å². The molecule has 20 heavy (non-hydrogen) atoms. The van der Waals surface area contributed by atoms with Crippen molar-refractivity contribution < 1.29 is 0 Å². The standard InChI is InChI=1S/C16H26N4/c1-3-17-16(20-15-12-13(15)2)19-11-7-10-18-14-8-5-4-6-9-14/h4-6,8-9,13,15,18H,3,7,10-12H2,1-2H3,(H2,17,19,20). The Bertz CT molecular complexity index is 416. The van der Waals surface area contributed by atoms with Gasteiger partial charge in [0.25, 0.3) is 0 Å². The van der Waals surface area contributed by atoms with Crippen LogP contribution in [0.1, 0.15) is 26.7 Å². The van der Waals surface area contributed by atoms with Crippen LogP contribution in [-0.2, 0) is 0 Å². The fraction of sp³-hybridized carbons (Fsp3) is 0.562. The number of para-hydroxylation sites is 1. The summed E-state index contributed by atoms with van der Waals surface area (Å²) >= 11 is 0. The lowest BCUT2D eigenvalue weighted by Gasteiger charge is -2.11. The third kappa shape index (κ3) is 5.11. The van der Waals surface area contributed by atoms with Crippen LogP contribution < -0.4 is 16.0 Å². The Balaban J connectivity index is 1.64. The zero-order chi connectivity index (χ0) is 14.2. The van der Waals surface area contributed by atoms with E-state index in [9.17, 15) is 0 Å². The van der Waals surface area contributed by atoms with E-state index in [2.05, 4.69) is 46.9 Å². The van der Waals surface area contributed by atoms with E-state index in [1.807, 2.05) is 18.2 Å². The molecule has 0 radical (unpaired) electrons. The first kappa shape index (κ1) is 14.7. The van der Waals surface area contributed by atoms with Gasteiger partial charge in [0, 0.05) is 31.4 Å². The number of anilines is 1. The minimum Gasteiger partial charge on any atom is -0.385 e. The zero-order valence-corrected chi connectivity index (χ0v) is 12.5. The minimum absolute atomic E-state index is 0.621. The number of aliphatic imine (C=N–C) groups is 1. The maximum absolute atomic E-state index is 4.61. The Hall–Kier alpha value is -1.71. The summed E-state index contributed by atoms with van der Waals surface area (Å²) in [6.45, 7) is 7.08. The monoisotopic (exact) mass is 274 g/mol. The van der Waals surface area contributed by atoms with Gasteiger partial charge in [-0.3, -0.25) is 4.99 Å². The molecule has 2 unspecified atom stereocenters. The second kappa shape index (κ2) is 7.78. The predicted molar refractivity (Wildman–Crippen MR) is 86.2 cm³/mol. The van der Waals surface area contributed by atoms with E-state index in [0.29, 0.717) is 6.04 Å². The van der Waals surface area contributed by atoms with E-state index in [-0.39, 0.29) is 0 Å². The Morgan fingerprint density at radius 3 is 2.70 bits per heavy atom. The van der Waals surface area contributed by atoms with Crippen LogP contribution in [0, 0.1) is 5.92 Å². The molecule has 110 valence electrons. The van der Waals surface area contributed by atoms with Gasteiger partial charge in [-0.15, -0.1) is 0 Å². The largest absolute Gasteiger partial charge is 0.385 e. The summed E-state index contributed by atoms with van der Waals surface area (Å²) < 4.78 is 0. The third-order valence-electron chi connectivity index (χ3n) is 3.48. The van der Waals surface area contributed by atoms with Gasteiger partial charge in [0.1, 0.15) is 0 Å². The molecule has 1 aromatic rings. The predicted octanol–water partition coefficient (Wildman–Crippen LogP) is 2.45. The fourth-order valence-electron chi connectivity index (χ4n) is 2.08. The highest BCUT2D eigenvalue weighted by molar-refractivity contribution is 5.80. The van der Waals surface area contributed by atoms with Crippen molar-refractivity contribution in [3.05, 3.63) is 30.3 Å². The van der Waals surface area contributed by atoms with Crippen LogP contribution in [0.25, 0.3) is 0 Å². The Labute approximate surface area is 122 Å². The van der Waals surface area contributed by atoms with E-state index in [1.54, 1.807) is 0 Å². The molecule has 3 N–H and O–H groups in total. The smallest absolute Gasteiger partial charge is 0.191 e. The van der Waals surface area contributed by atoms with Gasteiger partial charge in [0.15, 0.2) is 5.96 Å². The number of benzene rings is 1. The second-order valence-corrected chi connectivity index (χ2v) is 5.37. The first-order valence-corrected chi connectivity index (χ1v) is 7.63. The third-order valence-corrected chi connectivity index (χ3v) is 3.48. The molecule has 0 bridgehead atoms. The van der Waals surface area contributed by atoms with Crippen LogP contribution in [0.2, 0.25) is 0 Å². The second-order valence-electron chi connectivity index (χ2n) is 5.37. The van der Waals surface area contributed by atoms with Crippen LogP contribution in [0.15, 0.2) is 35.3 Å². The molecule has 0 aromatic heterocycles. The summed E-state index contributed by atoms with van der Waals surface area (Å²) in [7, 11) is 0. The van der Waals surface area contributed by atoms with Gasteiger partial charge in [-0.1, -0.05) is 25.1 Å². The zero-order valence-electron chi connectivity index (χ0n) is 12.5. The van der Waals surface area contributed by atoms with E-state index in [1.165, 1.54) is 12.1 Å². The summed E-state index contributed by atoms with van der Waals surface area (Å²) in [6, 6.07) is 10.9. The van der Waals surface area contributed by atoms with Crippen molar-refractivity contribution in [3.8, 4) is 0 Å². The molecule has 1 fully saturated rings. The van der Waals surface area contributed by atoms with Gasteiger partial charge in [-0.05, 0) is 37.8 Å². The average molecular weight is 274 g/mol. The van der Waals surface area contributed by atoms with Crippen molar-refractivity contribution in [2.24, 2.45) is 10.9 Å². The lowest BCUT2D eigenvalue weighted by Crippen LogP contribution is -2.39. The van der Waals surface area contributed by atoms with Gasteiger partial charge in [-0.2, -0.15) is 0 Å². The summed E-state index contributed by atoms with van der Waals surface area (Å²) in [5.41, 5.74) is 1.17. The van der Waals surface area contributed by atoms with Crippen LogP contribution >= 0.6 is 0 Å². The minimum atomic E-state index is 0.621. The van der Waals surface area contributed by atoms with Crippen molar-refractivity contribution in [2.45, 2.75) is 32.7 Å². The highest BCUT2D eigenvalue weighted by Crippen LogP contribution is 2.28. The number of nitrogens with one attached hydrogen (secondary N) is 3. The van der Waals surface area contributed by atoms with Gasteiger partial charge in [0.05, 0.1) is 0 Å². The Kier molecular flexibility index (Phi) is 5.71. The molecule has 1 aliphatic carbocycles. The summed E-state index contributed by atoms with van der Waals surface area (Å²) in [6.07, 6.45) is 2.30. The molecule has 0 aliphatic heterocycles. The Morgan fingerprint density at radius 1 is 1.30 bits per heavy atom. The molecule has 0 spiro atoms. The number of hydrogen-bond acceptors (Lipinski definition) is 2. The van der Waals surface area contributed by atoms with Crippen LogP contribution in [0.3, 0.4) is 0 Å². The van der Waals surface area contributed by atoms with Crippen molar-refractivity contribution in [3.63, 3.8) is 0 Å². The van der Waals surface area contributed by atoms with E-state index < -0.39 is 0 Å². The maximum Gasteiger partial charge on any atom is 0.191 e. The van der Waals surface area contributed by atoms with Crippen molar-refractivity contribution in [1.82, 2.24) is 10.6 Å². The average Bonchev–Trinajstić information content (AvgIpc) is 3.15. The molecule has 4 nitrogen and oxygen atoms in total. The first-order valence-electron chi connectivity index (χ1n) is 7.63. The normalized spacial score (nSPS) is 21.4. The molecular formula is C16H26N4. The molecule has 1 aromatic carbocycles. The fourth-order valence-corrected chi connectivity index (χ4v) is 2.08. The molecule has 0 amide bonds. The maximum atomic E-state index is 4.61. The van der Waals surface area contributed by atoms with Crippen molar-refractivity contribution in [2.75, 3.05) is 25.0 Å². The molecule has 2 atom stereocenters. The number of rotatable bonds is 7. The lowest BCUT2D eigenvalue weighted by molar-refractivity contribution is 0.759. The van der Waals surface area contributed by atoms with Gasteiger partial charge >= 0.3 is 0 Å². The van der Waals surface area contributed by atoms with E-state index in [4.69, 9.17) is 0 Å². The van der Waals surface area contributed by atoms with Crippen molar-refractivity contribution in [1.29, 1.82) is 0 Å². The summed E-state index contributed by atoms with van der Waals surface area (Å²) in [4.78, 5) is 4.61. The first-order chi connectivity index (χ1) is 9.79. The van der Waals surface area contributed by atoms with Gasteiger partial charge in [-0.25, -0.2) is 0 Å². The SMILES string of the molecule is CCNC(=NCCCNc1ccccc1)NC1CC1C. The lowest BCUT2D eigenvalue weighted by atomic mass is 10.3. The van der Waals surface area contributed by atoms with Crippen LogP contribution in [-0.4, -0.2) is 31.6 Å². The quantitative estimate of drug-likeness (QED) is 0.407. The van der Waals surface area contributed by atoms with E-state index >= 15 is 0 Å². The molecule has 1 aliphatic rings. The highest BCUT2D eigenvalue weighted by atomic mass is 15.2. The van der Waals surface area contributed by atoms with Crippen LogP contribution in [0.5, 0.6) is 0 Å². The molecule has 2 rings (SSSR count). The highest BCUT2D eigenvalue weighted by Gasteiger charge is 2.33. The summed E-state index contributed by atoms with van der Waals surface area (Å²) in [5, 5.41) is 10.2. The number of guanidine groups is 1. The van der Waals surface area contributed by atoms with Crippen molar-refractivity contribution >= 4 is 11.6 Å². The molecule has 4 heteroatoms. The summed E-state index contributed by atoms with van der Waals surface area (Å²) in [5.74, 6) is 1.75. The Morgan fingerprint density at radius 2 is 2.05 bits per heavy atom. The molecule has 0 heterocycles. The van der Waals surface area contributed by atoms with Gasteiger partial charge in [0.2, 0.25) is 0 Å². The number of hydrogen-bond donors (Lipinski definition) is 3. The molecule has 0 saturated heterocycles. The molecule has 1 saturated carbocycles. The topological polar surface area (TPSA) is 48.5 Å². The number of nitrogens with zero attached hydrogens (tertiary/aromatic N) is 1. The molecular weight excluding hydrogens is 248 g/mol.